The molecule has 0 fully saturated rings. The van der Waals surface area contributed by atoms with Gasteiger partial charge in [-0.3, -0.25) is 4.68 Å². The van der Waals surface area contributed by atoms with Crippen LogP contribution in [0.4, 0.5) is 4.39 Å². The van der Waals surface area contributed by atoms with Gasteiger partial charge in [-0.2, -0.15) is 5.10 Å². The van der Waals surface area contributed by atoms with Crippen LogP contribution in [0.15, 0.2) is 6.07 Å². The number of nitrogens with zero attached hydrogens (tertiary/aromatic N) is 2. The first-order valence-electron chi connectivity index (χ1n) is 3.37. The molecule has 1 heterocycles. The van der Waals surface area contributed by atoms with E-state index in [4.69, 9.17) is 5.11 Å². The zero-order valence-corrected chi connectivity index (χ0v) is 9.17. The van der Waals surface area contributed by atoms with Crippen molar-refractivity contribution in [2.24, 2.45) is 7.05 Å². The van der Waals surface area contributed by atoms with E-state index in [2.05, 4.69) is 5.10 Å². The molecule has 0 saturated carbocycles. The SMILES string of the molecule is Cn1nc(C(F)(P)P)cc1C(=O)O. The van der Waals surface area contributed by atoms with Crippen molar-refractivity contribution in [1.29, 1.82) is 0 Å². The third kappa shape index (κ3) is 2.23. The molecule has 0 aliphatic carbocycles. The van der Waals surface area contributed by atoms with E-state index in [9.17, 15) is 9.18 Å². The third-order valence-electron chi connectivity index (χ3n) is 1.49. The summed E-state index contributed by atoms with van der Waals surface area (Å²) >= 11 is 0. The standard InChI is InChI=1S/C6H9FN2O2P2/c1-9-3(5(10)11)2-4(8-9)6(7,12)13/h2H,12-13H2,1H3,(H,10,11). The van der Waals surface area contributed by atoms with Gasteiger partial charge in [0.15, 0.2) is 5.15 Å². The molecule has 4 nitrogen and oxygen atoms in total. The third-order valence-corrected chi connectivity index (χ3v) is 2.08. The van der Waals surface area contributed by atoms with E-state index < -0.39 is 11.1 Å². The molecule has 1 aromatic rings. The average Bonchev–Trinajstić information content (AvgIpc) is 2.29. The van der Waals surface area contributed by atoms with Crippen molar-refractivity contribution in [2.75, 3.05) is 0 Å². The number of aryl methyl sites for hydroxylation is 1. The van der Waals surface area contributed by atoms with Crippen molar-refractivity contribution < 1.29 is 14.3 Å². The summed E-state index contributed by atoms with van der Waals surface area (Å²) in [7, 11) is 5.30. The molecule has 2 atom stereocenters. The van der Waals surface area contributed by atoms with Crippen LogP contribution in [0.5, 0.6) is 0 Å². The first kappa shape index (κ1) is 10.6. The van der Waals surface area contributed by atoms with Crippen LogP contribution in [-0.2, 0) is 12.2 Å². The second-order valence-electron chi connectivity index (χ2n) is 2.61. The van der Waals surface area contributed by atoms with Crippen LogP contribution in [0.25, 0.3) is 0 Å². The molecule has 13 heavy (non-hydrogen) atoms. The highest BCUT2D eigenvalue weighted by atomic mass is 31.1. The van der Waals surface area contributed by atoms with E-state index in [1.807, 2.05) is 18.5 Å². The van der Waals surface area contributed by atoms with Crippen LogP contribution in [-0.4, -0.2) is 20.9 Å². The first-order chi connectivity index (χ1) is 5.82. The zero-order chi connectivity index (χ0) is 10.2. The minimum atomic E-state index is -1.77. The summed E-state index contributed by atoms with van der Waals surface area (Å²) in [5, 5.41) is 10.6. The van der Waals surface area contributed by atoms with Gasteiger partial charge in [0.2, 0.25) is 0 Å². The Balaban J connectivity index is 3.17. The topological polar surface area (TPSA) is 55.1 Å². The fraction of sp³-hybridized carbons (Fsp3) is 0.333. The number of hydrogen-bond acceptors (Lipinski definition) is 2. The number of rotatable bonds is 2. The predicted molar refractivity (Wildman–Crippen MR) is 52.4 cm³/mol. The molecule has 0 radical (unpaired) electrons. The zero-order valence-electron chi connectivity index (χ0n) is 6.86. The van der Waals surface area contributed by atoms with Gasteiger partial charge in [-0.25, -0.2) is 9.18 Å². The van der Waals surface area contributed by atoms with E-state index >= 15 is 0 Å². The molecule has 0 bridgehead atoms. The van der Waals surface area contributed by atoms with Crippen LogP contribution in [0.1, 0.15) is 16.2 Å². The van der Waals surface area contributed by atoms with E-state index in [1.165, 1.54) is 13.1 Å². The molecule has 0 saturated heterocycles. The molecule has 0 aromatic carbocycles. The van der Waals surface area contributed by atoms with Crippen LogP contribution in [0, 0.1) is 0 Å². The van der Waals surface area contributed by atoms with Crippen molar-refractivity contribution >= 4 is 24.4 Å². The lowest BCUT2D eigenvalue weighted by Gasteiger charge is -2.08. The second kappa shape index (κ2) is 3.32. The Kier molecular flexibility index (Phi) is 2.69. The number of carbonyl (C=O) groups is 1. The summed E-state index contributed by atoms with van der Waals surface area (Å²) in [6, 6.07) is 1.20. The molecule has 0 aliphatic heterocycles. The van der Waals surface area contributed by atoms with Crippen molar-refractivity contribution in [1.82, 2.24) is 9.78 Å². The Bertz CT molecular complexity index is 345. The maximum Gasteiger partial charge on any atom is 0.354 e. The Morgan fingerprint density at radius 3 is 2.54 bits per heavy atom. The summed E-state index contributed by atoms with van der Waals surface area (Å²) < 4.78 is 14.4. The normalized spacial score (nSPS) is 11.7. The van der Waals surface area contributed by atoms with E-state index in [0.717, 1.165) is 4.68 Å². The van der Waals surface area contributed by atoms with E-state index in [0.29, 0.717) is 0 Å². The highest BCUT2D eigenvalue weighted by Gasteiger charge is 2.25. The van der Waals surface area contributed by atoms with Crippen molar-refractivity contribution in [3.63, 3.8) is 0 Å². The van der Waals surface area contributed by atoms with Gasteiger partial charge < -0.3 is 5.11 Å². The Labute approximate surface area is 78.9 Å². The van der Waals surface area contributed by atoms with Crippen molar-refractivity contribution in [3.05, 3.63) is 17.5 Å². The fourth-order valence-corrected chi connectivity index (χ4v) is 1.14. The number of carboxylic acid groups (broad SMARTS) is 1. The maximum atomic E-state index is 13.2. The summed E-state index contributed by atoms with van der Waals surface area (Å²) in [5.41, 5.74) is 0.0179. The molecule has 7 heteroatoms. The van der Waals surface area contributed by atoms with Crippen LogP contribution in [0.2, 0.25) is 0 Å². The van der Waals surface area contributed by atoms with Crippen molar-refractivity contribution in [2.45, 2.75) is 5.15 Å². The number of aromatic carboxylic acids is 1. The molecule has 1 aromatic heterocycles. The first-order valence-corrected chi connectivity index (χ1v) is 4.52. The van der Waals surface area contributed by atoms with E-state index in [1.54, 1.807) is 0 Å². The molecule has 0 aliphatic rings. The van der Waals surface area contributed by atoms with Gasteiger partial charge in [-0.1, -0.05) is 18.5 Å². The van der Waals surface area contributed by atoms with E-state index in [-0.39, 0.29) is 11.4 Å². The molecule has 1 N–H and O–H groups in total. The molecule has 1 rings (SSSR count). The Morgan fingerprint density at radius 2 is 2.31 bits per heavy atom. The quantitative estimate of drug-likeness (QED) is 0.758. The van der Waals surface area contributed by atoms with Gasteiger partial charge in [0.05, 0.1) is 0 Å². The van der Waals surface area contributed by atoms with Gasteiger partial charge >= 0.3 is 5.97 Å². The highest BCUT2D eigenvalue weighted by molar-refractivity contribution is 7.38. The summed E-state index contributed by atoms with van der Waals surface area (Å²) in [5.74, 6) is -1.12. The monoisotopic (exact) mass is 222 g/mol. The largest absolute Gasteiger partial charge is 0.477 e. The lowest BCUT2D eigenvalue weighted by atomic mass is 10.3. The summed E-state index contributed by atoms with van der Waals surface area (Å²) in [6.45, 7) is 0. The van der Waals surface area contributed by atoms with Gasteiger partial charge in [0.1, 0.15) is 11.4 Å². The number of hydrogen-bond donors (Lipinski definition) is 1. The molecule has 0 spiro atoms. The predicted octanol–water partition coefficient (Wildman–Crippen LogP) is 0.948. The van der Waals surface area contributed by atoms with Gasteiger partial charge in [-0.15, -0.1) is 0 Å². The molecular weight excluding hydrogens is 213 g/mol. The smallest absolute Gasteiger partial charge is 0.354 e. The van der Waals surface area contributed by atoms with Gasteiger partial charge in [0, 0.05) is 7.05 Å². The summed E-state index contributed by atoms with van der Waals surface area (Å²) in [6.07, 6.45) is 0. The van der Waals surface area contributed by atoms with Gasteiger partial charge in [-0.05, 0) is 6.07 Å². The maximum absolute atomic E-state index is 13.2. The Hall–Kier alpha value is -0.530. The van der Waals surface area contributed by atoms with Crippen molar-refractivity contribution in [3.8, 4) is 0 Å². The molecular formula is C6H9FN2O2P2. The van der Waals surface area contributed by atoms with Crippen LogP contribution in [0.3, 0.4) is 0 Å². The minimum absolute atomic E-state index is 0.0399. The average molecular weight is 222 g/mol. The fourth-order valence-electron chi connectivity index (χ4n) is 0.855. The summed E-state index contributed by atoms with van der Waals surface area (Å²) in [4.78, 5) is 10.6. The number of aromatic nitrogens is 2. The lowest BCUT2D eigenvalue weighted by Crippen LogP contribution is -2.05. The van der Waals surface area contributed by atoms with Crippen LogP contribution >= 0.6 is 18.5 Å². The number of halogens is 1. The molecule has 0 amide bonds. The minimum Gasteiger partial charge on any atom is -0.477 e. The number of carboxylic acids is 1. The molecule has 2 unspecified atom stereocenters. The number of alkyl halides is 1. The molecule has 72 valence electrons. The highest BCUT2D eigenvalue weighted by Crippen LogP contribution is 2.39. The van der Waals surface area contributed by atoms with Gasteiger partial charge in [0.25, 0.3) is 0 Å². The lowest BCUT2D eigenvalue weighted by molar-refractivity contribution is 0.0685. The second-order valence-corrected chi connectivity index (χ2v) is 4.96. The Morgan fingerprint density at radius 1 is 1.77 bits per heavy atom. The van der Waals surface area contributed by atoms with Crippen LogP contribution < -0.4 is 0 Å².